The highest BCUT2D eigenvalue weighted by molar-refractivity contribution is 7.99. The number of thioether (sulfide) groups is 1. The van der Waals surface area contributed by atoms with E-state index in [1.54, 1.807) is 18.6 Å². The molecule has 0 saturated carbocycles. The number of pyridine rings is 1. The van der Waals surface area contributed by atoms with Gasteiger partial charge in [-0.2, -0.15) is 5.10 Å². The van der Waals surface area contributed by atoms with Crippen LogP contribution in [0.5, 0.6) is 0 Å². The minimum atomic E-state index is -0.129. The van der Waals surface area contributed by atoms with Crippen LogP contribution in [0.25, 0.3) is 28.0 Å². The molecule has 0 spiro atoms. The molecule has 0 aliphatic carbocycles. The third kappa shape index (κ3) is 4.10. The van der Waals surface area contributed by atoms with Gasteiger partial charge in [0.05, 0.1) is 17.5 Å². The van der Waals surface area contributed by atoms with Gasteiger partial charge in [0.25, 0.3) is 0 Å². The molecule has 5 rings (SSSR count). The zero-order valence-corrected chi connectivity index (χ0v) is 18.0. The van der Waals surface area contributed by atoms with E-state index in [0.29, 0.717) is 16.7 Å². The van der Waals surface area contributed by atoms with Gasteiger partial charge in [-0.1, -0.05) is 29.5 Å². The van der Waals surface area contributed by atoms with Crippen LogP contribution in [0.4, 0.5) is 5.69 Å². The number of carbonyl (C=O) groups excluding carboxylic acids is 1. The predicted octanol–water partition coefficient (Wildman–Crippen LogP) is 4.24. The number of nitrogens with one attached hydrogen (secondary N) is 2. The van der Waals surface area contributed by atoms with Crippen molar-refractivity contribution in [3.63, 3.8) is 0 Å². The van der Waals surface area contributed by atoms with Crippen LogP contribution in [0.1, 0.15) is 5.56 Å². The van der Waals surface area contributed by atoms with Crippen molar-refractivity contribution < 1.29 is 4.79 Å². The summed E-state index contributed by atoms with van der Waals surface area (Å²) in [5.74, 6) is 0.739. The molecule has 1 amide bonds. The molecule has 32 heavy (non-hydrogen) atoms. The molecule has 8 nitrogen and oxygen atoms in total. The van der Waals surface area contributed by atoms with E-state index in [-0.39, 0.29) is 11.7 Å². The summed E-state index contributed by atoms with van der Waals surface area (Å²) in [4.78, 5) is 16.8. The Morgan fingerprint density at radius 3 is 2.78 bits per heavy atom. The van der Waals surface area contributed by atoms with Gasteiger partial charge in [0.2, 0.25) is 5.91 Å². The number of aromatic amines is 1. The normalized spacial score (nSPS) is 11.0. The van der Waals surface area contributed by atoms with Crippen LogP contribution >= 0.6 is 11.8 Å². The van der Waals surface area contributed by atoms with E-state index in [1.165, 1.54) is 11.8 Å². The highest BCUT2D eigenvalue weighted by atomic mass is 32.2. The molecule has 0 atom stereocenters. The van der Waals surface area contributed by atoms with Crippen molar-refractivity contribution in [2.45, 2.75) is 12.1 Å². The average Bonchev–Trinajstić information content (AvgIpc) is 3.45. The molecule has 0 aliphatic heterocycles. The van der Waals surface area contributed by atoms with Crippen LogP contribution < -0.4 is 5.32 Å². The summed E-state index contributed by atoms with van der Waals surface area (Å²) < 4.78 is 1.95. The maximum atomic E-state index is 12.6. The second-order valence-corrected chi connectivity index (χ2v) is 8.17. The van der Waals surface area contributed by atoms with Crippen LogP contribution in [-0.4, -0.2) is 41.6 Å². The van der Waals surface area contributed by atoms with Gasteiger partial charge in [0.1, 0.15) is 0 Å². The smallest absolute Gasteiger partial charge is 0.234 e. The molecule has 2 aromatic carbocycles. The number of H-pyrrole nitrogens is 1. The predicted molar refractivity (Wildman–Crippen MR) is 125 cm³/mol. The first-order chi connectivity index (χ1) is 15.7. The lowest BCUT2D eigenvalue weighted by atomic mass is 10.2. The first-order valence-electron chi connectivity index (χ1n) is 9.96. The summed E-state index contributed by atoms with van der Waals surface area (Å²) in [6.45, 7) is 2.04. The summed E-state index contributed by atoms with van der Waals surface area (Å²) >= 11 is 1.33. The third-order valence-corrected chi connectivity index (χ3v) is 5.83. The molecule has 0 bridgehead atoms. The molecule has 3 heterocycles. The van der Waals surface area contributed by atoms with Gasteiger partial charge in [0.15, 0.2) is 11.0 Å². The zero-order valence-electron chi connectivity index (χ0n) is 17.2. The number of hydrogen-bond donors (Lipinski definition) is 2. The molecule has 0 unspecified atom stereocenters. The van der Waals surface area contributed by atoms with Crippen LogP contribution in [0.15, 0.2) is 78.3 Å². The van der Waals surface area contributed by atoms with Gasteiger partial charge in [-0.3, -0.25) is 19.4 Å². The van der Waals surface area contributed by atoms with Gasteiger partial charge in [-0.05, 0) is 49.4 Å². The van der Waals surface area contributed by atoms with Gasteiger partial charge in [0, 0.05) is 34.7 Å². The lowest BCUT2D eigenvalue weighted by molar-refractivity contribution is -0.113. The number of aromatic nitrogens is 6. The quantitative estimate of drug-likeness (QED) is 0.382. The average molecular weight is 442 g/mol. The van der Waals surface area contributed by atoms with Crippen molar-refractivity contribution >= 4 is 34.3 Å². The molecule has 0 fully saturated rings. The number of benzene rings is 2. The minimum Gasteiger partial charge on any atom is -0.325 e. The molecule has 0 aliphatic rings. The van der Waals surface area contributed by atoms with Crippen LogP contribution in [0, 0.1) is 6.92 Å². The first kappa shape index (κ1) is 20.0. The summed E-state index contributed by atoms with van der Waals surface area (Å²) in [6.07, 6.45) is 5.21. The Hall–Kier alpha value is -3.98. The van der Waals surface area contributed by atoms with E-state index in [0.717, 1.165) is 27.7 Å². The molecular weight excluding hydrogens is 422 g/mol. The lowest BCUT2D eigenvalue weighted by Crippen LogP contribution is -2.14. The molecule has 0 saturated heterocycles. The molecule has 5 aromatic rings. The van der Waals surface area contributed by atoms with Gasteiger partial charge in [-0.15, -0.1) is 10.2 Å². The summed E-state index contributed by atoms with van der Waals surface area (Å²) in [7, 11) is 0. The number of carbonyl (C=O) groups is 1. The van der Waals surface area contributed by atoms with Crippen molar-refractivity contribution in [3.8, 4) is 17.1 Å². The highest BCUT2D eigenvalue weighted by Gasteiger charge is 2.17. The number of hydrogen-bond acceptors (Lipinski definition) is 6. The zero-order chi connectivity index (χ0) is 21.9. The second kappa shape index (κ2) is 8.64. The Kier molecular flexibility index (Phi) is 5.39. The third-order valence-electron chi connectivity index (χ3n) is 4.90. The molecule has 9 heteroatoms. The van der Waals surface area contributed by atoms with E-state index in [1.807, 2.05) is 66.1 Å². The molecule has 2 N–H and O–H groups in total. The Morgan fingerprint density at radius 1 is 1.09 bits per heavy atom. The summed E-state index contributed by atoms with van der Waals surface area (Å²) in [5.41, 5.74) is 4.52. The summed E-state index contributed by atoms with van der Waals surface area (Å²) in [5, 5.41) is 20.2. The van der Waals surface area contributed by atoms with Crippen molar-refractivity contribution in [3.05, 3.63) is 78.8 Å². The number of aryl methyl sites for hydroxylation is 1. The number of amides is 1. The molecule has 158 valence electrons. The fourth-order valence-corrected chi connectivity index (χ4v) is 4.07. The number of nitrogens with zero attached hydrogens (tertiary/aromatic N) is 5. The lowest BCUT2D eigenvalue weighted by Gasteiger charge is -2.11. The van der Waals surface area contributed by atoms with Crippen molar-refractivity contribution in [2.24, 2.45) is 0 Å². The second-order valence-electron chi connectivity index (χ2n) is 7.23. The van der Waals surface area contributed by atoms with Crippen molar-refractivity contribution in [2.75, 3.05) is 11.1 Å². The fraction of sp³-hybridized carbons (Fsp3) is 0.0870. The minimum absolute atomic E-state index is 0.129. The fourth-order valence-electron chi connectivity index (χ4n) is 3.31. The van der Waals surface area contributed by atoms with Crippen LogP contribution in [0.3, 0.4) is 0 Å². The van der Waals surface area contributed by atoms with E-state index in [4.69, 9.17) is 0 Å². The van der Waals surface area contributed by atoms with E-state index < -0.39 is 0 Å². The number of rotatable bonds is 6. The van der Waals surface area contributed by atoms with Crippen molar-refractivity contribution in [1.82, 2.24) is 29.9 Å². The SMILES string of the molecule is Cc1ccc(-n2c(SCC(=O)Nc3ccc4cn[nH]c4c3)nnc2-c2cccnc2)cc1. The standard InChI is InChI=1S/C23H19N7OS/c1-15-4-8-19(9-5-15)30-22(17-3-2-10-24-12-17)28-29-23(30)32-14-21(31)26-18-7-6-16-13-25-27-20(16)11-18/h2-13H,14H2,1H3,(H,25,27)(H,26,31). The largest absolute Gasteiger partial charge is 0.325 e. The molecule has 3 aromatic heterocycles. The Labute approximate surface area is 188 Å². The monoisotopic (exact) mass is 441 g/mol. The van der Waals surface area contributed by atoms with E-state index in [9.17, 15) is 4.79 Å². The number of fused-ring (bicyclic) bond motifs is 1. The van der Waals surface area contributed by atoms with Crippen LogP contribution in [0.2, 0.25) is 0 Å². The highest BCUT2D eigenvalue weighted by Crippen LogP contribution is 2.28. The first-order valence-corrected chi connectivity index (χ1v) is 10.9. The van der Waals surface area contributed by atoms with Gasteiger partial charge < -0.3 is 5.32 Å². The van der Waals surface area contributed by atoms with Crippen LogP contribution in [-0.2, 0) is 4.79 Å². The van der Waals surface area contributed by atoms with E-state index >= 15 is 0 Å². The molecular formula is C23H19N7OS. The summed E-state index contributed by atoms with van der Waals surface area (Å²) in [6, 6.07) is 17.5. The van der Waals surface area contributed by atoms with Gasteiger partial charge >= 0.3 is 0 Å². The van der Waals surface area contributed by atoms with E-state index in [2.05, 4.69) is 30.7 Å². The Morgan fingerprint density at radius 2 is 1.97 bits per heavy atom. The Balaban J connectivity index is 1.38. The molecule has 0 radical (unpaired) electrons. The van der Waals surface area contributed by atoms with Crippen molar-refractivity contribution in [1.29, 1.82) is 0 Å². The number of anilines is 1. The Bertz CT molecular complexity index is 1380. The van der Waals surface area contributed by atoms with Gasteiger partial charge in [-0.25, -0.2) is 0 Å². The maximum Gasteiger partial charge on any atom is 0.234 e. The topological polar surface area (TPSA) is 101 Å². The maximum absolute atomic E-state index is 12.6.